The lowest BCUT2D eigenvalue weighted by atomic mass is 9.93. The van der Waals surface area contributed by atoms with E-state index in [0.29, 0.717) is 11.7 Å². The number of hydrogen-bond acceptors (Lipinski definition) is 3. The van der Waals surface area contributed by atoms with Crippen molar-refractivity contribution in [3.05, 3.63) is 16.6 Å². The van der Waals surface area contributed by atoms with E-state index in [4.69, 9.17) is 0 Å². The molecule has 1 heterocycles. The van der Waals surface area contributed by atoms with Crippen LogP contribution in [-0.4, -0.2) is 16.9 Å². The smallest absolute Gasteiger partial charge is 0.270 e. The Morgan fingerprint density at radius 2 is 2.50 bits per heavy atom. The molecule has 0 spiro atoms. The van der Waals surface area contributed by atoms with Crippen LogP contribution in [-0.2, 0) is 0 Å². The summed E-state index contributed by atoms with van der Waals surface area (Å²) in [5.41, 5.74) is 2.22. The van der Waals surface area contributed by atoms with Crippen LogP contribution in [0.3, 0.4) is 0 Å². The Morgan fingerprint density at radius 1 is 1.67 bits per heavy atom. The molecule has 4 heteroatoms. The molecule has 1 fully saturated rings. The lowest BCUT2D eigenvalue weighted by molar-refractivity contribution is 0.0912. The molecular formula is C8H10N2OS. The van der Waals surface area contributed by atoms with Gasteiger partial charge >= 0.3 is 0 Å². The zero-order chi connectivity index (χ0) is 8.39. The van der Waals surface area contributed by atoms with Gasteiger partial charge in [-0.2, -0.15) is 0 Å². The van der Waals surface area contributed by atoms with Gasteiger partial charge in [0.05, 0.1) is 5.51 Å². The van der Waals surface area contributed by atoms with E-state index < -0.39 is 0 Å². The summed E-state index contributed by atoms with van der Waals surface area (Å²) in [6.07, 6.45) is 3.48. The average molecular weight is 182 g/mol. The van der Waals surface area contributed by atoms with Crippen molar-refractivity contribution in [1.82, 2.24) is 10.3 Å². The zero-order valence-electron chi connectivity index (χ0n) is 6.62. The standard InChI is InChI=1S/C8H10N2OS/c11-8(7-4-12-5-9-7)10-6-2-1-3-6/h4-6H,1-3H2,(H,10,11). The molecule has 3 nitrogen and oxygen atoms in total. The van der Waals surface area contributed by atoms with Crippen LogP contribution in [0.25, 0.3) is 0 Å². The van der Waals surface area contributed by atoms with Crippen molar-refractivity contribution in [2.75, 3.05) is 0 Å². The normalized spacial score (nSPS) is 17.0. The van der Waals surface area contributed by atoms with Crippen LogP contribution in [0, 0.1) is 0 Å². The molecule has 1 N–H and O–H groups in total. The summed E-state index contributed by atoms with van der Waals surface area (Å²) in [4.78, 5) is 15.3. The maximum atomic E-state index is 11.3. The average Bonchev–Trinajstić information content (AvgIpc) is 2.47. The van der Waals surface area contributed by atoms with Crippen molar-refractivity contribution >= 4 is 17.2 Å². The van der Waals surface area contributed by atoms with Gasteiger partial charge in [0.25, 0.3) is 5.91 Å². The Labute approximate surface area is 74.8 Å². The predicted octanol–water partition coefficient (Wildman–Crippen LogP) is 1.43. The number of carbonyl (C=O) groups is 1. The van der Waals surface area contributed by atoms with Gasteiger partial charge in [0.1, 0.15) is 5.69 Å². The first-order chi connectivity index (χ1) is 5.86. The van der Waals surface area contributed by atoms with Gasteiger partial charge in [-0.25, -0.2) is 4.98 Å². The fourth-order valence-electron chi connectivity index (χ4n) is 1.14. The van der Waals surface area contributed by atoms with Crippen molar-refractivity contribution in [1.29, 1.82) is 0 Å². The summed E-state index contributed by atoms with van der Waals surface area (Å²) in [6.45, 7) is 0. The molecule has 0 radical (unpaired) electrons. The Morgan fingerprint density at radius 3 is 3.00 bits per heavy atom. The van der Waals surface area contributed by atoms with Crippen LogP contribution in [0.1, 0.15) is 29.8 Å². The molecule has 2 rings (SSSR count). The van der Waals surface area contributed by atoms with Crippen molar-refractivity contribution in [2.24, 2.45) is 0 Å². The number of thiazole rings is 1. The van der Waals surface area contributed by atoms with E-state index in [2.05, 4.69) is 10.3 Å². The zero-order valence-corrected chi connectivity index (χ0v) is 7.43. The molecular weight excluding hydrogens is 172 g/mol. The van der Waals surface area contributed by atoms with Crippen molar-refractivity contribution in [3.8, 4) is 0 Å². The minimum Gasteiger partial charge on any atom is -0.348 e. The number of nitrogens with one attached hydrogen (secondary N) is 1. The summed E-state index contributed by atoms with van der Waals surface area (Å²) in [6, 6.07) is 0.402. The molecule has 0 aromatic carbocycles. The van der Waals surface area contributed by atoms with Gasteiger partial charge in [0.2, 0.25) is 0 Å². The highest BCUT2D eigenvalue weighted by Crippen LogP contribution is 2.18. The fourth-order valence-corrected chi connectivity index (χ4v) is 1.67. The predicted molar refractivity (Wildman–Crippen MR) is 47.2 cm³/mol. The van der Waals surface area contributed by atoms with E-state index in [-0.39, 0.29) is 5.91 Å². The number of carbonyl (C=O) groups excluding carboxylic acids is 1. The molecule has 1 aromatic heterocycles. The van der Waals surface area contributed by atoms with Crippen LogP contribution in [0.5, 0.6) is 0 Å². The summed E-state index contributed by atoms with van der Waals surface area (Å²) < 4.78 is 0. The Hall–Kier alpha value is -0.900. The fraction of sp³-hybridized carbons (Fsp3) is 0.500. The molecule has 1 saturated carbocycles. The van der Waals surface area contributed by atoms with Gasteiger partial charge in [-0.3, -0.25) is 4.79 Å². The van der Waals surface area contributed by atoms with E-state index in [1.54, 1.807) is 10.9 Å². The minimum atomic E-state index is -0.0269. The van der Waals surface area contributed by atoms with Crippen LogP contribution in [0.4, 0.5) is 0 Å². The summed E-state index contributed by atoms with van der Waals surface area (Å²) in [7, 11) is 0. The van der Waals surface area contributed by atoms with Gasteiger partial charge in [-0.1, -0.05) is 0 Å². The molecule has 1 aliphatic carbocycles. The summed E-state index contributed by atoms with van der Waals surface area (Å²) >= 11 is 1.45. The maximum Gasteiger partial charge on any atom is 0.270 e. The van der Waals surface area contributed by atoms with Crippen LogP contribution < -0.4 is 5.32 Å². The summed E-state index contributed by atoms with van der Waals surface area (Å²) in [5.74, 6) is -0.0269. The number of hydrogen-bond donors (Lipinski definition) is 1. The van der Waals surface area contributed by atoms with E-state index in [1.807, 2.05) is 0 Å². The molecule has 0 unspecified atom stereocenters. The lowest BCUT2D eigenvalue weighted by Gasteiger charge is -2.25. The van der Waals surface area contributed by atoms with Crippen LogP contribution >= 0.6 is 11.3 Å². The second kappa shape index (κ2) is 3.23. The third-order valence-electron chi connectivity index (χ3n) is 2.11. The van der Waals surface area contributed by atoms with E-state index >= 15 is 0 Å². The largest absolute Gasteiger partial charge is 0.348 e. The van der Waals surface area contributed by atoms with Gasteiger partial charge < -0.3 is 5.32 Å². The lowest BCUT2D eigenvalue weighted by Crippen LogP contribution is -2.39. The molecule has 12 heavy (non-hydrogen) atoms. The number of amides is 1. The van der Waals surface area contributed by atoms with Crippen LogP contribution in [0.2, 0.25) is 0 Å². The molecule has 1 aromatic rings. The van der Waals surface area contributed by atoms with Crippen molar-refractivity contribution < 1.29 is 4.79 Å². The van der Waals surface area contributed by atoms with Crippen molar-refractivity contribution in [2.45, 2.75) is 25.3 Å². The monoisotopic (exact) mass is 182 g/mol. The van der Waals surface area contributed by atoms with Gasteiger partial charge in [-0.15, -0.1) is 11.3 Å². The molecule has 64 valence electrons. The molecule has 1 amide bonds. The Kier molecular flexibility index (Phi) is 2.08. The Balaban J connectivity index is 1.92. The Bertz CT molecular complexity index is 267. The quantitative estimate of drug-likeness (QED) is 0.751. The highest BCUT2D eigenvalue weighted by atomic mass is 32.1. The highest BCUT2D eigenvalue weighted by Gasteiger charge is 2.20. The topological polar surface area (TPSA) is 42.0 Å². The number of nitrogens with zero attached hydrogens (tertiary/aromatic N) is 1. The van der Waals surface area contributed by atoms with E-state index in [9.17, 15) is 4.79 Å². The molecule has 0 bridgehead atoms. The second-order valence-electron chi connectivity index (χ2n) is 2.97. The SMILES string of the molecule is O=C(NC1CCC1)c1cscn1. The van der Waals surface area contributed by atoms with Crippen LogP contribution in [0.15, 0.2) is 10.9 Å². The molecule has 1 aliphatic rings. The van der Waals surface area contributed by atoms with E-state index in [0.717, 1.165) is 12.8 Å². The number of aromatic nitrogens is 1. The van der Waals surface area contributed by atoms with Gasteiger partial charge in [0, 0.05) is 11.4 Å². The van der Waals surface area contributed by atoms with Gasteiger partial charge in [-0.05, 0) is 19.3 Å². The molecule has 0 atom stereocenters. The third kappa shape index (κ3) is 1.48. The van der Waals surface area contributed by atoms with E-state index in [1.165, 1.54) is 17.8 Å². The first kappa shape index (κ1) is 7.73. The molecule has 0 aliphatic heterocycles. The first-order valence-electron chi connectivity index (χ1n) is 4.05. The second-order valence-corrected chi connectivity index (χ2v) is 3.69. The minimum absolute atomic E-state index is 0.0269. The highest BCUT2D eigenvalue weighted by molar-refractivity contribution is 7.07. The number of rotatable bonds is 2. The first-order valence-corrected chi connectivity index (χ1v) is 4.99. The molecule has 0 saturated heterocycles. The van der Waals surface area contributed by atoms with Crippen molar-refractivity contribution in [3.63, 3.8) is 0 Å². The third-order valence-corrected chi connectivity index (χ3v) is 2.69. The summed E-state index contributed by atoms with van der Waals surface area (Å²) in [5, 5.41) is 4.70. The maximum absolute atomic E-state index is 11.3. The van der Waals surface area contributed by atoms with Gasteiger partial charge in [0.15, 0.2) is 0 Å².